The molecular weight excluding hydrogens is 382 g/mol. The van der Waals surface area contributed by atoms with Gasteiger partial charge >= 0.3 is 0 Å². The maximum absolute atomic E-state index is 13.6. The number of benzene rings is 4. The molecule has 4 aromatic carbocycles. The molecule has 0 aromatic heterocycles. The first-order valence-corrected chi connectivity index (χ1v) is 10.7. The van der Waals surface area contributed by atoms with Gasteiger partial charge in [0.15, 0.2) is 6.10 Å². The number of amides is 1. The molecule has 3 nitrogen and oxygen atoms in total. The largest absolute Gasteiger partial charge is 0.481 e. The fraction of sp³-hybridized carbons (Fsp3) is 0.179. The third kappa shape index (κ3) is 5.32. The molecule has 0 fully saturated rings. The quantitative estimate of drug-likeness (QED) is 0.345. The van der Waals surface area contributed by atoms with Gasteiger partial charge in [0.2, 0.25) is 0 Å². The fourth-order valence-electron chi connectivity index (χ4n) is 3.74. The first kappa shape index (κ1) is 20.7. The van der Waals surface area contributed by atoms with Gasteiger partial charge in [-0.2, -0.15) is 0 Å². The topological polar surface area (TPSA) is 29.5 Å². The number of hydrogen-bond donors (Lipinski definition) is 0. The minimum Gasteiger partial charge on any atom is -0.481 e. The Labute approximate surface area is 183 Å². The molecule has 1 atom stereocenters. The maximum atomic E-state index is 13.6. The third-order valence-electron chi connectivity index (χ3n) is 5.39. The van der Waals surface area contributed by atoms with Crippen LogP contribution in [0.1, 0.15) is 24.5 Å². The number of fused-ring (bicyclic) bond motifs is 1. The van der Waals surface area contributed by atoms with E-state index in [4.69, 9.17) is 4.74 Å². The molecule has 3 heteroatoms. The second-order valence-electron chi connectivity index (χ2n) is 7.69. The zero-order valence-electron chi connectivity index (χ0n) is 17.8. The van der Waals surface area contributed by atoms with E-state index in [0.717, 1.165) is 27.6 Å². The molecule has 0 unspecified atom stereocenters. The summed E-state index contributed by atoms with van der Waals surface area (Å²) in [7, 11) is 0. The molecule has 4 aromatic rings. The minimum atomic E-state index is -0.534. The summed E-state index contributed by atoms with van der Waals surface area (Å²) >= 11 is 0. The maximum Gasteiger partial charge on any atom is 0.264 e. The van der Waals surface area contributed by atoms with E-state index in [1.54, 1.807) is 0 Å². The standard InChI is InChI=1S/C28H27NO2/c1-2-27(31-26-18-17-24-15-9-10-16-25(24)19-26)28(30)29(20-22-11-5-3-6-12-22)21-23-13-7-4-8-14-23/h3-19,27H,2,20-21H2,1H3/t27-/m0/s1. The van der Waals surface area contributed by atoms with Gasteiger partial charge < -0.3 is 9.64 Å². The van der Waals surface area contributed by atoms with Crippen molar-refractivity contribution in [3.05, 3.63) is 114 Å². The lowest BCUT2D eigenvalue weighted by molar-refractivity contribution is -0.140. The van der Waals surface area contributed by atoms with Crippen molar-refractivity contribution < 1.29 is 9.53 Å². The number of ether oxygens (including phenoxy) is 1. The van der Waals surface area contributed by atoms with E-state index < -0.39 is 6.10 Å². The number of rotatable bonds is 8. The van der Waals surface area contributed by atoms with Crippen molar-refractivity contribution in [1.82, 2.24) is 4.90 Å². The first-order chi connectivity index (χ1) is 15.2. The van der Waals surface area contributed by atoms with Gasteiger partial charge in [-0.1, -0.05) is 97.9 Å². The van der Waals surface area contributed by atoms with Crippen LogP contribution in [-0.4, -0.2) is 16.9 Å². The Hall–Kier alpha value is -3.59. The average molecular weight is 410 g/mol. The van der Waals surface area contributed by atoms with Gasteiger partial charge in [-0.15, -0.1) is 0 Å². The Morgan fingerprint density at radius 1 is 0.742 bits per heavy atom. The Morgan fingerprint density at radius 3 is 1.87 bits per heavy atom. The monoisotopic (exact) mass is 409 g/mol. The zero-order valence-corrected chi connectivity index (χ0v) is 17.8. The first-order valence-electron chi connectivity index (χ1n) is 10.7. The molecule has 4 rings (SSSR count). The molecule has 0 bridgehead atoms. The second kappa shape index (κ2) is 9.94. The molecule has 156 valence electrons. The van der Waals surface area contributed by atoms with Crippen LogP contribution < -0.4 is 4.74 Å². The summed E-state index contributed by atoms with van der Waals surface area (Å²) in [6.07, 6.45) is 0.0692. The van der Waals surface area contributed by atoms with E-state index >= 15 is 0 Å². The number of carbonyl (C=O) groups is 1. The molecule has 31 heavy (non-hydrogen) atoms. The summed E-state index contributed by atoms with van der Waals surface area (Å²) in [5.41, 5.74) is 2.21. The predicted octanol–water partition coefficient (Wildman–Crippen LogP) is 6.23. The van der Waals surface area contributed by atoms with E-state index in [1.165, 1.54) is 0 Å². The molecule has 0 heterocycles. The van der Waals surface area contributed by atoms with Gasteiger partial charge in [-0.25, -0.2) is 0 Å². The van der Waals surface area contributed by atoms with Crippen LogP contribution in [0.2, 0.25) is 0 Å². The van der Waals surface area contributed by atoms with E-state index in [9.17, 15) is 4.79 Å². The van der Waals surface area contributed by atoms with Gasteiger partial charge in [0.25, 0.3) is 5.91 Å². The van der Waals surface area contributed by atoms with E-state index in [1.807, 2.05) is 78.6 Å². The highest BCUT2D eigenvalue weighted by Crippen LogP contribution is 2.23. The van der Waals surface area contributed by atoms with Crippen molar-refractivity contribution in [2.45, 2.75) is 32.5 Å². The van der Waals surface area contributed by atoms with Crippen LogP contribution in [0.15, 0.2) is 103 Å². The van der Waals surface area contributed by atoms with E-state index in [-0.39, 0.29) is 5.91 Å². The average Bonchev–Trinajstić information content (AvgIpc) is 2.83. The Balaban J connectivity index is 1.56. The molecule has 0 aliphatic carbocycles. The normalized spacial score (nSPS) is 11.8. The fourth-order valence-corrected chi connectivity index (χ4v) is 3.74. The highest BCUT2D eigenvalue weighted by atomic mass is 16.5. The molecule has 0 saturated carbocycles. The lowest BCUT2D eigenvalue weighted by Crippen LogP contribution is -2.41. The summed E-state index contributed by atoms with van der Waals surface area (Å²) < 4.78 is 6.20. The van der Waals surface area contributed by atoms with Gasteiger partial charge in [0.05, 0.1) is 0 Å². The van der Waals surface area contributed by atoms with Crippen LogP contribution in [0.25, 0.3) is 10.8 Å². The van der Waals surface area contributed by atoms with Crippen molar-refractivity contribution in [2.24, 2.45) is 0 Å². The van der Waals surface area contributed by atoms with Crippen LogP contribution in [0.4, 0.5) is 0 Å². The van der Waals surface area contributed by atoms with Crippen molar-refractivity contribution in [3.8, 4) is 5.75 Å². The molecule has 0 N–H and O–H groups in total. The molecular formula is C28H27NO2. The van der Waals surface area contributed by atoms with Gasteiger partial charge in [-0.05, 0) is 40.5 Å². The highest BCUT2D eigenvalue weighted by molar-refractivity contribution is 5.84. The molecule has 0 spiro atoms. The van der Waals surface area contributed by atoms with Gasteiger partial charge in [0.1, 0.15) is 5.75 Å². The number of carbonyl (C=O) groups excluding carboxylic acids is 1. The summed E-state index contributed by atoms with van der Waals surface area (Å²) in [5.74, 6) is 0.724. The lowest BCUT2D eigenvalue weighted by Gasteiger charge is -2.28. The summed E-state index contributed by atoms with van der Waals surface area (Å²) in [6, 6.07) is 34.3. The summed E-state index contributed by atoms with van der Waals surface area (Å²) in [4.78, 5) is 15.4. The van der Waals surface area contributed by atoms with Crippen molar-refractivity contribution in [2.75, 3.05) is 0 Å². The minimum absolute atomic E-state index is 0.00312. The Morgan fingerprint density at radius 2 is 1.29 bits per heavy atom. The lowest BCUT2D eigenvalue weighted by atomic mass is 10.1. The van der Waals surface area contributed by atoms with Gasteiger partial charge in [0, 0.05) is 13.1 Å². The number of nitrogens with zero attached hydrogens (tertiary/aromatic N) is 1. The smallest absolute Gasteiger partial charge is 0.264 e. The van der Waals surface area contributed by atoms with E-state index in [2.05, 4.69) is 36.4 Å². The highest BCUT2D eigenvalue weighted by Gasteiger charge is 2.25. The van der Waals surface area contributed by atoms with Crippen LogP contribution in [0.3, 0.4) is 0 Å². The van der Waals surface area contributed by atoms with Crippen molar-refractivity contribution in [1.29, 1.82) is 0 Å². The summed E-state index contributed by atoms with van der Waals surface area (Å²) in [5, 5.41) is 2.26. The van der Waals surface area contributed by atoms with Gasteiger partial charge in [-0.3, -0.25) is 4.79 Å². The summed E-state index contributed by atoms with van der Waals surface area (Å²) in [6.45, 7) is 3.09. The molecule has 0 radical (unpaired) electrons. The van der Waals surface area contributed by atoms with Crippen LogP contribution >= 0.6 is 0 Å². The Bertz CT molecular complexity index is 1080. The number of hydrogen-bond acceptors (Lipinski definition) is 2. The SMILES string of the molecule is CC[C@H](Oc1ccc2ccccc2c1)C(=O)N(Cc1ccccc1)Cc1ccccc1. The van der Waals surface area contributed by atoms with E-state index in [0.29, 0.717) is 19.5 Å². The van der Waals surface area contributed by atoms with Crippen LogP contribution in [-0.2, 0) is 17.9 Å². The predicted molar refractivity (Wildman–Crippen MR) is 126 cm³/mol. The molecule has 0 saturated heterocycles. The second-order valence-corrected chi connectivity index (χ2v) is 7.69. The zero-order chi connectivity index (χ0) is 21.5. The third-order valence-corrected chi connectivity index (χ3v) is 5.39. The molecule has 0 aliphatic rings. The van der Waals surface area contributed by atoms with Crippen LogP contribution in [0.5, 0.6) is 5.75 Å². The van der Waals surface area contributed by atoms with Crippen LogP contribution in [0, 0.1) is 0 Å². The Kier molecular flexibility index (Phi) is 6.63. The molecule has 0 aliphatic heterocycles. The van der Waals surface area contributed by atoms with Crippen molar-refractivity contribution >= 4 is 16.7 Å². The molecule has 1 amide bonds. The van der Waals surface area contributed by atoms with Crippen molar-refractivity contribution in [3.63, 3.8) is 0 Å².